The summed E-state index contributed by atoms with van der Waals surface area (Å²) in [6, 6.07) is 0. The van der Waals surface area contributed by atoms with Crippen molar-refractivity contribution in [1.29, 1.82) is 0 Å². The minimum absolute atomic E-state index is 0. The van der Waals surface area contributed by atoms with Gasteiger partial charge in [0.2, 0.25) is 0 Å². The molecule has 0 N–H and O–H groups in total. The van der Waals surface area contributed by atoms with Crippen molar-refractivity contribution in [3.8, 4) is 0 Å². The van der Waals surface area contributed by atoms with Gasteiger partial charge in [-0.1, -0.05) is 13.8 Å². The Bertz CT molecular complexity index is 91.8. The average molecular weight is 417 g/mol. The van der Waals surface area contributed by atoms with Crippen molar-refractivity contribution >= 4 is 4.23 Å². The van der Waals surface area contributed by atoms with Gasteiger partial charge >= 0.3 is 53.6 Å². The Morgan fingerprint density at radius 1 is 1.00 bits per heavy atom. The average Bonchev–Trinajstić information content (AvgIpc) is 1.91. The zero-order valence-electron chi connectivity index (χ0n) is 8.92. The number of rotatable bonds is 2. The first-order valence-electron chi connectivity index (χ1n) is 3.29. The third kappa shape index (κ3) is 36.2. The van der Waals surface area contributed by atoms with Gasteiger partial charge in [-0.2, -0.15) is 0 Å². The van der Waals surface area contributed by atoms with Gasteiger partial charge in [-0.3, -0.25) is 0 Å². The van der Waals surface area contributed by atoms with E-state index in [2.05, 4.69) is 30.8 Å². The fraction of sp³-hybridized carbons (Fsp3) is 0.625. The molecule has 6 heteroatoms. The van der Waals surface area contributed by atoms with E-state index >= 15 is 0 Å². The summed E-state index contributed by atoms with van der Waals surface area (Å²) in [4.78, 5) is 0. The fourth-order valence-electron chi connectivity index (χ4n) is 0.192. The number of hydrogen-bond acceptors (Lipinski definition) is 0. The van der Waals surface area contributed by atoms with E-state index in [-0.39, 0.29) is 92.8 Å². The largest absolute Gasteiger partial charge is 0 e. The molecule has 0 fully saturated rings. The number of allylic oxidation sites excluding steroid dienone is 1. The van der Waals surface area contributed by atoms with E-state index in [1.165, 1.54) is 4.23 Å². The van der Waals surface area contributed by atoms with Crippen molar-refractivity contribution in [1.82, 2.24) is 0 Å². The predicted octanol–water partition coefficient (Wildman–Crippen LogP) is 2.36. The zero-order valence-corrected chi connectivity index (χ0v) is 17.3. The van der Waals surface area contributed by atoms with E-state index in [0.29, 0.717) is 5.92 Å². The van der Waals surface area contributed by atoms with E-state index in [0.717, 1.165) is 0 Å². The molecule has 0 aromatic heterocycles. The van der Waals surface area contributed by atoms with Crippen LogP contribution in [0.5, 0.6) is 0 Å². The van der Waals surface area contributed by atoms with E-state index in [1.807, 2.05) is 13.8 Å². The standard InChI is InChI=1S/C6H9.C2H6.6V/c1-4-5-6(2)3;1-2;;;;;;/h1,4,6H,2-3H3;1-2H3;;;;;;/q-1;;;;;;;. The normalized spacial score (nSPS) is 4.86. The Hall–Kier alpha value is 3.12. The van der Waals surface area contributed by atoms with Crippen LogP contribution in [0.1, 0.15) is 27.7 Å². The molecule has 0 bridgehead atoms. The Kier molecular flexibility index (Phi) is 112. The van der Waals surface area contributed by atoms with E-state index in [4.69, 9.17) is 6.58 Å². The van der Waals surface area contributed by atoms with E-state index in [9.17, 15) is 0 Å². The molecule has 0 heterocycles. The van der Waals surface area contributed by atoms with Crippen LogP contribution < -0.4 is 0 Å². The second-order valence-electron chi connectivity index (χ2n) is 1.75. The van der Waals surface area contributed by atoms with Crippen molar-refractivity contribution < 1.29 is 110 Å². The summed E-state index contributed by atoms with van der Waals surface area (Å²) < 4.78 is 1.19. The van der Waals surface area contributed by atoms with Crippen LogP contribution in [-0.2, 0) is 110 Å². The van der Waals surface area contributed by atoms with Crippen LogP contribution in [0.15, 0.2) is 6.08 Å². The molecule has 0 aromatic rings. The molecule has 14 heavy (non-hydrogen) atoms. The quantitative estimate of drug-likeness (QED) is 0.606. The molecule has 0 saturated carbocycles. The molecule has 5 radical (unpaired) electrons. The van der Waals surface area contributed by atoms with Crippen LogP contribution in [0, 0.1) is 12.5 Å². The summed E-state index contributed by atoms with van der Waals surface area (Å²) in [7, 11) is 0. The molecule has 0 rings (SSSR count). The van der Waals surface area contributed by atoms with Gasteiger partial charge in [0.15, 0.2) is 0 Å². The van der Waals surface area contributed by atoms with Crippen molar-refractivity contribution in [2.24, 2.45) is 5.92 Å². The maximum Gasteiger partial charge on any atom is 0 e. The van der Waals surface area contributed by atoms with Crippen LogP contribution in [0.3, 0.4) is 0 Å². The van der Waals surface area contributed by atoms with Crippen molar-refractivity contribution in [2.45, 2.75) is 27.7 Å². The minimum Gasteiger partial charge on any atom is 0 e. The van der Waals surface area contributed by atoms with Crippen LogP contribution >= 0.6 is 0 Å². The zero-order chi connectivity index (χ0) is 7.86. The van der Waals surface area contributed by atoms with Gasteiger partial charge < -0.3 is 0 Å². The second kappa shape index (κ2) is 36.0. The molecule has 0 aliphatic heterocycles. The molecule has 0 atom stereocenters. The maximum atomic E-state index is 5.20. The van der Waals surface area contributed by atoms with E-state index < -0.39 is 0 Å². The van der Waals surface area contributed by atoms with Crippen molar-refractivity contribution in [2.75, 3.05) is 0 Å². The van der Waals surface area contributed by atoms with Crippen LogP contribution in [0.25, 0.3) is 0 Å². The Morgan fingerprint density at radius 3 is 1.21 bits per heavy atom. The summed E-state index contributed by atoms with van der Waals surface area (Å²) in [5.74, 6) is 0.574. The molecule has 0 amide bonds. The Morgan fingerprint density at radius 2 is 1.21 bits per heavy atom. The summed E-state index contributed by atoms with van der Waals surface area (Å²) in [5.41, 5.74) is 0. The van der Waals surface area contributed by atoms with Crippen LogP contribution in [0.2, 0.25) is 0 Å². The first-order chi connectivity index (χ1) is 4.18. The molecule has 0 aliphatic carbocycles. The smallest absolute Gasteiger partial charge is 0 e. The van der Waals surface area contributed by atoms with Crippen molar-refractivity contribution in [3.63, 3.8) is 0 Å². The van der Waals surface area contributed by atoms with Crippen molar-refractivity contribution in [3.05, 3.63) is 12.7 Å². The van der Waals surface area contributed by atoms with Crippen LogP contribution in [-0.4, -0.2) is 4.23 Å². The van der Waals surface area contributed by atoms with Gasteiger partial charge in [0.25, 0.3) is 0 Å². The first-order valence-corrected chi connectivity index (χ1v) is 3.99. The van der Waals surface area contributed by atoms with E-state index in [1.54, 1.807) is 6.08 Å². The molecule has 0 aliphatic rings. The monoisotopic (exact) mass is 417 g/mol. The summed E-state index contributed by atoms with van der Waals surface area (Å²) >= 11 is 2.45. The predicted molar refractivity (Wildman–Crippen MR) is 40.1 cm³/mol. The third-order valence-corrected chi connectivity index (χ3v) is 1.80. The fourth-order valence-corrected chi connectivity index (χ4v) is 0.192. The Balaban J connectivity index is -0.0000000132. The molecule has 0 spiro atoms. The molecular formula is C8H15V6-. The van der Waals surface area contributed by atoms with Gasteiger partial charge in [-0.15, -0.1) is 0 Å². The maximum absolute atomic E-state index is 5.20. The minimum atomic E-state index is 0. The molecule has 0 nitrogen and oxygen atoms in total. The Labute approximate surface area is 158 Å². The van der Waals surface area contributed by atoms with Crippen LogP contribution in [0.4, 0.5) is 0 Å². The van der Waals surface area contributed by atoms with Gasteiger partial charge in [0.05, 0.1) is 0 Å². The SMILES string of the molecule is CC.[CH-]=C[C](=[V])C(C)C.[V].[V].[V].[V].[V]. The molecule has 0 saturated heterocycles. The molecule has 0 unspecified atom stereocenters. The summed E-state index contributed by atoms with van der Waals surface area (Å²) in [6.07, 6.45) is 1.63. The molecule has 0 aromatic carbocycles. The molecule has 78 valence electrons. The topological polar surface area (TPSA) is 0 Å². The molecular weight excluding hydrogens is 402 g/mol. The second-order valence-corrected chi connectivity index (χ2v) is 2.55. The number of hydrogen-bond donors (Lipinski definition) is 0. The summed E-state index contributed by atoms with van der Waals surface area (Å²) in [5, 5.41) is 0. The third-order valence-electron chi connectivity index (χ3n) is 0.762. The van der Waals surface area contributed by atoms with Gasteiger partial charge in [0, 0.05) is 92.8 Å². The van der Waals surface area contributed by atoms with Gasteiger partial charge in [-0.05, 0) is 0 Å². The van der Waals surface area contributed by atoms with Gasteiger partial charge in [-0.25, -0.2) is 0 Å². The first kappa shape index (κ1) is 43.4. The summed E-state index contributed by atoms with van der Waals surface area (Å²) in [6.45, 7) is 13.4. The van der Waals surface area contributed by atoms with Gasteiger partial charge in [0.1, 0.15) is 0 Å².